The van der Waals surface area contributed by atoms with Gasteiger partial charge in [-0.1, -0.05) is 0 Å². The van der Waals surface area contributed by atoms with Crippen molar-refractivity contribution >= 4 is 35.8 Å². The molecular formula is C20H41IN6O. The molecule has 2 N–H and O–H groups in total. The molecule has 2 rings (SSSR count). The summed E-state index contributed by atoms with van der Waals surface area (Å²) in [5.41, 5.74) is 0. The number of aliphatic imine (C=N–C) groups is 1. The fraction of sp³-hybridized carbons (Fsp3) is 0.900. The van der Waals surface area contributed by atoms with E-state index in [4.69, 9.17) is 4.99 Å². The quantitative estimate of drug-likeness (QED) is 0.236. The molecular weight excluding hydrogens is 467 g/mol. The lowest BCUT2D eigenvalue weighted by molar-refractivity contribution is -0.121. The molecule has 0 aromatic heterocycles. The predicted molar refractivity (Wildman–Crippen MR) is 128 cm³/mol. The first-order chi connectivity index (χ1) is 13.1. The third-order valence-electron chi connectivity index (χ3n) is 5.71. The van der Waals surface area contributed by atoms with Gasteiger partial charge in [-0.3, -0.25) is 9.79 Å². The van der Waals surface area contributed by atoms with Crippen molar-refractivity contribution in [1.29, 1.82) is 0 Å². The summed E-state index contributed by atoms with van der Waals surface area (Å²) in [7, 11) is 3.94. The van der Waals surface area contributed by atoms with Crippen molar-refractivity contribution < 1.29 is 4.79 Å². The number of nitrogens with one attached hydrogen (secondary N) is 2. The van der Waals surface area contributed by atoms with Crippen LogP contribution in [0.2, 0.25) is 0 Å². The Morgan fingerprint density at radius 2 is 1.86 bits per heavy atom. The van der Waals surface area contributed by atoms with Gasteiger partial charge in [-0.2, -0.15) is 0 Å². The van der Waals surface area contributed by atoms with Crippen LogP contribution in [0.5, 0.6) is 0 Å². The third-order valence-corrected chi connectivity index (χ3v) is 5.71. The van der Waals surface area contributed by atoms with Crippen molar-refractivity contribution in [2.24, 2.45) is 10.9 Å². The predicted octanol–water partition coefficient (Wildman–Crippen LogP) is 1.45. The first-order valence-electron chi connectivity index (χ1n) is 10.8. The molecule has 0 radical (unpaired) electrons. The van der Waals surface area contributed by atoms with Crippen LogP contribution in [0.25, 0.3) is 0 Å². The van der Waals surface area contributed by atoms with E-state index in [1.54, 1.807) is 7.05 Å². The highest BCUT2D eigenvalue weighted by Crippen LogP contribution is 2.20. The van der Waals surface area contributed by atoms with Crippen molar-refractivity contribution in [3.63, 3.8) is 0 Å². The van der Waals surface area contributed by atoms with Crippen molar-refractivity contribution in [2.45, 2.75) is 39.0 Å². The van der Waals surface area contributed by atoms with E-state index in [1.165, 1.54) is 32.6 Å². The average Bonchev–Trinajstić information content (AvgIpc) is 2.89. The van der Waals surface area contributed by atoms with E-state index in [0.717, 1.165) is 57.9 Å². The third kappa shape index (κ3) is 9.26. The minimum absolute atomic E-state index is 0. The molecule has 164 valence electrons. The van der Waals surface area contributed by atoms with Gasteiger partial charge < -0.3 is 25.3 Å². The largest absolute Gasteiger partial charge is 0.359 e. The van der Waals surface area contributed by atoms with Gasteiger partial charge in [0.05, 0.1) is 0 Å². The molecule has 0 aliphatic carbocycles. The maximum atomic E-state index is 11.6. The van der Waals surface area contributed by atoms with Gasteiger partial charge in [0.2, 0.25) is 5.91 Å². The average molecular weight is 508 g/mol. The van der Waals surface area contributed by atoms with E-state index >= 15 is 0 Å². The molecule has 0 atom stereocenters. The molecule has 28 heavy (non-hydrogen) atoms. The summed E-state index contributed by atoms with van der Waals surface area (Å²) in [5.74, 6) is 1.71. The van der Waals surface area contributed by atoms with Crippen molar-refractivity contribution in [3.8, 4) is 0 Å². The molecule has 2 saturated heterocycles. The smallest absolute Gasteiger partial charge is 0.220 e. The Hall–Kier alpha value is -0.610. The lowest BCUT2D eigenvalue weighted by atomic mass is 9.93. The van der Waals surface area contributed by atoms with Crippen LogP contribution < -0.4 is 10.6 Å². The summed E-state index contributed by atoms with van der Waals surface area (Å²) in [6.07, 6.45) is 5.18. The minimum atomic E-state index is 0. The van der Waals surface area contributed by atoms with Crippen molar-refractivity contribution in [3.05, 3.63) is 0 Å². The number of nitrogens with zero attached hydrogens (tertiary/aromatic N) is 4. The van der Waals surface area contributed by atoms with Crippen LogP contribution in [0.3, 0.4) is 0 Å². The number of carbonyl (C=O) groups is 1. The Morgan fingerprint density at radius 1 is 1.11 bits per heavy atom. The molecule has 7 nitrogen and oxygen atoms in total. The molecule has 0 saturated carbocycles. The number of piperidine rings is 1. The summed E-state index contributed by atoms with van der Waals surface area (Å²) >= 11 is 0. The Labute approximate surface area is 188 Å². The van der Waals surface area contributed by atoms with Crippen LogP contribution in [-0.4, -0.2) is 99.6 Å². The topological polar surface area (TPSA) is 63.2 Å². The van der Waals surface area contributed by atoms with Gasteiger partial charge in [0.1, 0.15) is 0 Å². The summed E-state index contributed by atoms with van der Waals surface area (Å²) in [6, 6.07) is 0. The Morgan fingerprint density at radius 3 is 2.54 bits per heavy atom. The van der Waals surface area contributed by atoms with Gasteiger partial charge >= 0.3 is 0 Å². The second-order valence-electron chi connectivity index (χ2n) is 7.90. The second kappa shape index (κ2) is 14.4. The van der Waals surface area contributed by atoms with Crippen LogP contribution in [0.15, 0.2) is 4.99 Å². The number of carbonyl (C=O) groups excluding carboxylic acids is 1. The highest BCUT2D eigenvalue weighted by atomic mass is 127. The molecule has 2 aliphatic heterocycles. The maximum Gasteiger partial charge on any atom is 0.220 e. The van der Waals surface area contributed by atoms with Crippen LogP contribution in [-0.2, 0) is 4.79 Å². The van der Waals surface area contributed by atoms with Gasteiger partial charge in [-0.25, -0.2) is 0 Å². The molecule has 2 heterocycles. The highest BCUT2D eigenvalue weighted by molar-refractivity contribution is 14.0. The lowest BCUT2D eigenvalue weighted by Gasteiger charge is -2.34. The van der Waals surface area contributed by atoms with E-state index in [9.17, 15) is 4.79 Å². The Kier molecular flexibility index (Phi) is 13.1. The normalized spacial score (nSPS) is 20.4. The molecule has 0 bridgehead atoms. The number of likely N-dealkylation sites (N-methyl/N-ethyl adjacent to an activating group) is 1. The molecule has 0 aromatic carbocycles. The minimum Gasteiger partial charge on any atom is -0.359 e. The van der Waals surface area contributed by atoms with Gasteiger partial charge in [0.15, 0.2) is 5.96 Å². The maximum absolute atomic E-state index is 11.6. The second-order valence-corrected chi connectivity index (χ2v) is 7.90. The van der Waals surface area contributed by atoms with Gasteiger partial charge in [0.25, 0.3) is 0 Å². The fourth-order valence-electron chi connectivity index (χ4n) is 3.94. The number of hydrogen-bond donors (Lipinski definition) is 2. The lowest BCUT2D eigenvalue weighted by Crippen LogP contribution is -2.46. The van der Waals surface area contributed by atoms with E-state index < -0.39 is 0 Å². The van der Waals surface area contributed by atoms with E-state index in [2.05, 4.69) is 39.3 Å². The van der Waals surface area contributed by atoms with E-state index in [-0.39, 0.29) is 29.9 Å². The number of likely N-dealkylation sites (tertiary alicyclic amines) is 1. The zero-order chi connectivity index (χ0) is 19.5. The molecule has 0 spiro atoms. The standard InChI is InChI=1S/C20H40N6O.HI/c1-4-22-20(26-13-7-18(8-14-26)17-19(27)21-2)23-9-5-11-25-12-6-10-24(3)15-16-25;/h18H,4-17H2,1-3H3,(H,21,27)(H,22,23);1H. The zero-order valence-electron chi connectivity index (χ0n) is 18.1. The first-order valence-corrected chi connectivity index (χ1v) is 10.8. The number of hydrogen-bond acceptors (Lipinski definition) is 4. The molecule has 2 fully saturated rings. The van der Waals surface area contributed by atoms with Gasteiger partial charge in [-0.15, -0.1) is 24.0 Å². The van der Waals surface area contributed by atoms with Crippen molar-refractivity contribution in [1.82, 2.24) is 25.3 Å². The van der Waals surface area contributed by atoms with E-state index in [0.29, 0.717) is 12.3 Å². The molecule has 0 aromatic rings. The van der Waals surface area contributed by atoms with Crippen LogP contribution in [0.1, 0.15) is 39.0 Å². The van der Waals surface area contributed by atoms with Gasteiger partial charge in [0, 0.05) is 52.7 Å². The summed E-state index contributed by atoms with van der Waals surface area (Å²) in [6.45, 7) is 11.8. The summed E-state index contributed by atoms with van der Waals surface area (Å²) in [4.78, 5) is 23.8. The Balaban J connectivity index is 0.00000392. The monoisotopic (exact) mass is 508 g/mol. The number of guanidine groups is 1. The van der Waals surface area contributed by atoms with Crippen molar-refractivity contribution in [2.75, 3.05) is 73.0 Å². The summed E-state index contributed by atoms with van der Waals surface area (Å²) in [5, 5.41) is 6.19. The fourth-order valence-corrected chi connectivity index (χ4v) is 3.94. The molecule has 8 heteroatoms. The first kappa shape index (κ1) is 25.4. The molecule has 2 aliphatic rings. The highest BCUT2D eigenvalue weighted by Gasteiger charge is 2.23. The van der Waals surface area contributed by atoms with Gasteiger partial charge in [-0.05, 0) is 65.2 Å². The van der Waals surface area contributed by atoms with E-state index in [1.807, 2.05) is 0 Å². The molecule has 0 unspecified atom stereocenters. The molecule has 1 amide bonds. The number of halogens is 1. The SMILES string of the molecule is CCNC(=NCCCN1CCCN(C)CC1)N1CCC(CC(=O)NC)CC1.I. The summed E-state index contributed by atoms with van der Waals surface area (Å²) < 4.78 is 0. The zero-order valence-corrected chi connectivity index (χ0v) is 20.4. The van der Waals surface area contributed by atoms with Crippen LogP contribution in [0, 0.1) is 5.92 Å². The van der Waals surface area contributed by atoms with Crippen LogP contribution >= 0.6 is 24.0 Å². The number of rotatable bonds is 7. The Bertz CT molecular complexity index is 468. The van der Waals surface area contributed by atoms with Crippen LogP contribution in [0.4, 0.5) is 0 Å². The number of amides is 1.